The highest BCUT2D eigenvalue weighted by atomic mass is 35.5. The zero-order valence-corrected chi connectivity index (χ0v) is 10.2. The number of pyridine rings is 1. The number of aromatic nitrogens is 2. The molecule has 2 aromatic rings. The van der Waals surface area contributed by atoms with E-state index >= 15 is 0 Å². The van der Waals surface area contributed by atoms with Gasteiger partial charge in [0, 0.05) is 12.4 Å². The molecule has 3 nitrogen and oxygen atoms in total. The molecule has 1 unspecified atom stereocenters. The van der Waals surface area contributed by atoms with Crippen LogP contribution >= 0.6 is 22.9 Å². The first-order valence-electron chi connectivity index (χ1n) is 4.70. The number of aliphatic hydroxyl groups is 1. The van der Waals surface area contributed by atoms with Crippen LogP contribution in [0.4, 0.5) is 13.2 Å². The predicted octanol–water partition coefficient (Wildman–Crippen LogP) is 3.29. The molecule has 0 aliphatic rings. The minimum atomic E-state index is -4.50. The molecule has 0 aliphatic heterocycles. The third-order valence-corrected chi connectivity index (χ3v) is 3.40. The number of halogens is 4. The van der Waals surface area contributed by atoms with Crippen molar-refractivity contribution in [3.63, 3.8) is 0 Å². The molecule has 0 spiro atoms. The Morgan fingerprint density at radius 1 is 1.33 bits per heavy atom. The first-order chi connectivity index (χ1) is 8.38. The van der Waals surface area contributed by atoms with Crippen molar-refractivity contribution in [2.75, 3.05) is 0 Å². The molecular formula is C10H6ClF3N2OS. The molecule has 0 saturated carbocycles. The van der Waals surface area contributed by atoms with Crippen LogP contribution < -0.4 is 0 Å². The maximum absolute atomic E-state index is 12.4. The molecular weight excluding hydrogens is 289 g/mol. The molecule has 0 fully saturated rings. The van der Waals surface area contributed by atoms with Crippen LogP contribution in [0.5, 0.6) is 0 Å². The zero-order chi connectivity index (χ0) is 13.3. The second-order valence-electron chi connectivity index (χ2n) is 3.38. The second kappa shape index (κ2) is 4.83. The molecule has 8 heteroatoms. The molecule has 2 heterocycles. The number of nitrogens with zero attached hydrogens (tertiary/aromatic N) is 2. The van der Waals surface area contributed by atoms with Gasteiger partial charge in [-0.25, -0.2) is 9.97 Å². The van der Waals surface area contributed by atoms with Crippen LogP contribution in [-0.2, 0) is 6.18 Å². The summed E-state index contributed by atoms with van der Waals surface area (Å²) < 4.78 is 37.1. The van der Waals surface area contributed by atoms with Crippen LogP contribution in [-0.4, -0.2) is 15.1 Å². The molecule has 0 aromatic carbocycles. The van der Waals surface area contributed by atoms with Crippen molar-refractivity contribution in [3.8, 4) is 0 Å². The molecule has 96 valence electrons. The van der Waals surface area contributed by atoms with E-state index in [2.05, 4.69) is 9.97 Å². The molecule has 1 N–H and O–H groups in total. The summed E-state index contributed by atoms with van der Waals surface area (Å²) in [5, 5.41) is 9.08. The van der Waals surface area contributed by atoms with Crippen molar-refractivity contribution in [1.29, 1.82) is 0 Å². The van der Waals surface area contributed by atoms with Gasteiger partial charge in [-0.3, -0.25) is 0 Å². The highest BCUT2D eigenvalue weighted by Crippen LogP contribution is 2.35. The van der Waals surface area contributed by atoms with Gasteiger partial charge in [0.05, 0.1) is 4.88 Å². The average Bonchev–Trinajstić information content (AvgIpc) is 2.77. The lowest BCUT2D eigenvalue weighted by Gasteiger charge is -2.08. The lowest BCUT2D eigenvalue weighted by Crippen LogP contribution is -2.03. The second-order valence-corrected chi connectivity index (χ2v) is 4.83. The summed E-state index contributed by atoms with van der Waals surface area (Å²) in [5.41, 5.74) is 0.368. The quantitative estimate of drug-likeness (QED) is 0.865. The van der Waals surface area contributed by atoms with Gasteiger partial charge in [0.1, 0.15) is 11.3 Å². The summed E-state index contributed by atoms with van der Waals surface area (Å²) in [5.74, 6) is 0. The van der Waals surface area contributed by atoms with Crippen LogP contribution in [0.15, 0.2) is 24.5 Å². The SMILES string of the molecule is OC(c1ccnc(Cl)c1)c1cnc(C(F)(F)F)s1. The summed E-state index contributed by atoms with van der Waals surface area (Å²) in [7, 11) is 0. The topological polar surface area (TPSA) is 46.0 Å². The Morgan fingerprint density at radius 2 is 2.06 bits per heavy atom. The number of thiazole rings is 1. The molecule has 0 radical (unpaired) electrons. The Hall–Kier alpha value is -1.18. The Kier molecular flexibility index (Phi) is 3.56. The van der Waals surface area contributed by atoms with Gasteiger partial charge in [0.2, 0.25) is 0 Å². The van der Waals surface area contributed by atoms with Gasteiger partial charge in [0.25, 0.3) is 0 Å². The Labute approximate surface area is 109 Å². The smallest absolute Gasteiger partial charge is 0.383 e. The third-order valence-electron chi connectivity index (χ3n) is 2.10. The van der Waals surface area contributed by atoms with Crippen molar-refractivity contribution in [3.05, 3.63) is 45.1 Å². The van der Waals surface area contributed by atoms with Gasteiger partial charge in [-0.15, -0.1) is 11.3 Å². The summed E-state index contributed by atoms with van der Waals surface area (Å²) in [6, 6.07) is 2.86. The zero-order valence-electron chi connectivity index (χ0n) is 8.65. The molecule has 0 bridgehead atoms. The summed E-state index contributed by atoms with van der Waals surface area (Å²) in [6.07, 6.45) is -3.32. The molecule has 0 amide bonds. The lowest BCUT2D eigenvalue weighted by molar-refractivity contribution is -0.137. The monoisotopic (exact) mass is 294 g/mol. The van der Waals surface area contributed by atoms with Crippen molar-refractivity contribution >= 4 is 22.9 Å². The molecule has 18 heavy (non-hydrogen) atoms. The number of alkyl halides is 3. The van der Waals surface area contributed by atoms with E-state index in [4.69, 9.17) is 11.6 Å². The Balaban J connectivity index is 2.29. The standard InChI is InChI=1S/C10H6ClF3N2OS/c11-7-3-5(1-2-15-7)8(17)6-4-16-9(18-6)10(12,13)14/h1-4,8,17H. The molecule has 0 saturated heterocycles. The van der Waals surface area contributed by atoms with Crippen molar-refractivity contribution in [2.24, 2.45) is 0 Å². The van der Waals surface area contributed by atoms with Gasteiger partial charge < -0.3 is 5.11 Å². The van der Waals surface area contributed by atoms with Crippen molar-refractivity contribution < 1.29 is 18.3 Å². The van der Waals surface area contributed by atoms with Crippen LogP contribution in [0.3, 0.4) is 0 Å². The highest BCUT2D eigenvalue weighted by Gasteiger charge is 2.35. The van der Waals surface area contributed by atoms with E-state index in [1.165, 1.54) is 18.3 Å². The van der Waals surface area contributed by atoms with Gasteiger partial charge in [-0.05, 0) is 17.7 Å². The van der Waals surface area contributed by atoms with E-state index < -0.39 is 17.3 Å². The number of rotatable bonds is 2. The largest absolute Gasteiger partial charge is 0.443 e. The predicted molar refractivity (Wildman–Crippen MR) is 60.4 cm³/mol. The first-order valence-corrected chi connectivity index (χ1v) is 5.90. The Morgan fingerprint density at radius 3 is 2.61 bits per heavy atom. The fraction of sp³-hybridized carbons (Fsp3) is 0.200. The van der Waals surface area contributed by atoms with E-state index in [9.17, 15) is 18.3 Å². The number of hydrogen-bond acceptors (Lipinski definition) is 4. The van der Waals surface area contributed by atoms with E-state index in [0.29, 0.717) is 16.9 Å². The molecule has 1 atom stereocenters. The average molecular weight is 295 g/mol. The van der Waals surface area contributed by atoms with Crippen LogP contribution in [0.2, 0.25) is 5.15 Å². The minimum absolute atomic E-state index is 0.101. The summed E-state index contributed by atoms with van der Waals surface area (Å²) in [4.78, 5) is 7.07. The normalized spacial score (nSPS) is 13.6. The maximum atomic E-state index is 12.4. The van der Waals surface area contributed by atoms with Gasteiger partial charge >= 0.3 is 6.18 Å². The highest BCUT2D eigenvalue weighted by molar-refractivity contribution is 7.11. The van der Waals surface area contributed by atoms with E-state index in [0.717, 1.165) is 6.20 Å². The third kappa shape index (κ3) is 2.80. The molecule has 2 aromatic heterocycles. The number of hydrogen-bond donors (Lipinski definition) is 1. The molecule has 2 rings (SSSR count). The number of aliphatic hydroxyl groups excluding tert-OH is 1. The van der Waals surface area contributed by atoms with Crippen LogP contribution in [0, 0.1) is 0 Å². The fourth-order valence-electron chi connectivity index (χ4n) is 1.30. The van der Waals surface area contributed by atoms with Crippen molar-refractivity contribution in [2.45, 2.75) is 12.3 Å². The minimum Gasteiger partial charge on any atom is -0.383 e. The van der Waals surface area contributed by atoms with Crippen LogP contribution in [0.1, 0.15) is 21.6 Å². The Bertz CT molecular complexity index is 558. The van der Waals surface area contributed by atoms with Gasteiger partial charge in [-0.1, -0.05) is 11.6 Å². The molecule has 0 aliphatic carbocycles. The van der Waals surface area contributed by atoms with Gasteiger partial charge in [0.15, 0.2) is 5.01 Å². The summed E-state index contributed by atoms with van der Waals surface area (Å²) in [6.45, 7) is 0. The van der Waals surface area contributed by atoms with Gasteiger partial charge in [-0.2, -0.15) is 13.2 Å². The fourth-order valence-corrected chi connectivity index (χ4v) is 2.28. The van der Waals surface area contributed by atoms with E-state index in [1.54, 1.807) is 0 Å². The van der Waals surface area contributed by atoms with Crippen molar-refractivity contribution in [1.82, 2.24) is 9.97 Å². The maximum Gasteiger partial charge on any atom is 0.443 e. The van der Waals surface area contributed by atoms with E-state index in [-0.39, 0.29) is 10.0 Å². The lowest BCUT2D eigenvalue weighted by atomic mass is 10.1. The van der Waals surface area contributed by atoms with Crippen LogP contribution in [0.25, 0.3) is 0 Å². The first kappa shape index (κ1) is 13.3. The summed E-state index contributed by atoms with van der Waals surface area (Å²) >= 11 is 6.04. The van der Waals surface area contributed by atoms with E-state index in [1.807, 2.05) is 0 Å².